The van der Waals surface area contributed by atoms with E-state index in [9.17, 15) is 13.9 Å². The zero-order valence-electron chi connectivity index (χ0n) is 22.0. The molecule has 1 aliphatic carbocycles. The Bertz CT molecular complexity index is 1570. The van der Waals surface area contributed by atoms with Crippen LogP contribution in [0.4, 0.5) is 19.0 Å². The number of fused-ring (bicyclic) bond motifs is 4. The van der Waals surface area contributed by atoms with Crippen molar-refractivity contribution in [2.75, 3.05) is 24.6 Å². The number of halogens is 3. The topological polar surface area (TPSA) is 70.5 Å². The molecule has 40 heavy (non-hydrogen) atoms. The zero-order valence-corrected chi connectivity index (χ0v) is 22.0. The number of aromatic hydroxyl groups is 1. The van der Waals surface area contributed by atoms with Gasteiger partial charge >= 0.3 is 6.01 Å². The van der Waals surface area contributed by atoms with E-state index in [1.165, 1.54) is 0 Å². The number of alkyl halides is 2. The van der Waals surface area contributed by atoms with Gasteiger partial charge in [-0.1, -0.05) is 30.3 Å². The Labute approximate surface area is 230 Å². The van der Waals surface area contributed by atoms with Gasteiger partial charge in [0.05, 0.1) is 6.61 Å². The molecule has 3 fully saturated rings. The molecular weight excluding hydrogens is 517 g/mol. The Kier molecular flexibility index (Phi) is 6.22. The van der Waals surface area contributed by atoms with Gasteiger partial charge in [-0.2, -0.15) is 9.97 Å². The van der Waals surface area contributed by atoms with E-state index >= 15 is 4.39 Å². The smallest absolute Gasteiger partial charge is 0.319 e. The number of hydrogen-bond acceptors (Lipinski definition) is 6. The number of hydrogen-bond donors (Lipinski definition) is 2. The summed E-state index contributed by atoms with van der Waals surface area (Å²) in [5.41, 5.74) is 1.04. The predicted molar refractivity (Wildman–Crippen MR) is 149 cm³/mol. The molecule has 0 amide bonds. The highest BCUT2D eigenvalue weighted by Crippen LogP contribution is 2.40. The monoisotopic (exact) mass is 548 g/mol. The first kappa shape index (κ1) is 25.4. The van der Waals surface area contributed by atoms with Crippen LogP contribution in [0.1, 0.15) is 38.5 Å². The van der Waals surface area contributed by atoms with Crippen molar-refractivity contribution >= 4 is 27.5 Å². The van der Waals surface area contributed by atoms with Crippen molar-refractivity contribution in [3.8, 4) is 22.9 Å². The fourth-order valence-electron chi connectivity index (χ4n) is 6.59. The molecular formula is C31H31F3N4O2. The van der Waals surface area contributed by atoms with Crippen molar-refractivity contribution in [1.29, 1.82) is 0 Å². The van der Waals surface area contributed by atoms with Crippen molar-refractivity contribution in [2.24, 2.45) is 5.92 Å². The second kappa shape index (κ2) is 9.80. The lowest BCUT2D eigenvalue weighted by Crippen LogP contribution is -2.51. The molecule has 9 heteroatoms. The maximum Gasteiger partial charge on any atom is 0.319 e. The van der Waals surface area contributed by atoms with Crippen LogP contribution in [0.3, 0.4) is 0 Å². The first-order valence-corrected chi connectivity index (χ1v) is 14.1. The van der Waals surface area contributed by atoms with Gasteiger partial charge in [0.25, 0.3) is 0 Å². The van der Waals surface area contributed by atoms with Gasteiger partial charge in [-0.25, -0.2) is 13.2 Å². The molecule has 3 aromatic carbocycles. The molecule has 7 rings (SSSR count). The maximum atomic E-state index is 16.4. The van der Waals surface area contributed by atoms with Crippen molar-refractivity contribution in [3.63, 3.8) is 0 Å². The number of benzene rings is 3. The highest BCUT2D eigenvalue weighted by atomic mass is 19.3. The van der Waals surface area contributed by atoms with Gasteiger partial charge in [0.1, 0.15) is 17.1 Å². The second-order valence-electron chi connectivity index (χ2n) is 11.5. The number of nitrogens with zero attached hydrogens (tertiary/aromatic N) is 3. The minimum Gasteiger partial charge on any atom is -0.508 e. The molecule has 2 bridgehead atoms. The fraction of sp³-hybridized carbons (Fsp3) is 0.419. The van der Waals surface area contributed by atoms with Crippen LogP contribution in [0.25, 0.3) is 32.8 Å². The number of rotatable bonds is 5. The van der Waals surface area contributed by atoms with E-state index in [2.05, 4.69) is 15.2 Å². The lowest BCUT2D eigenvalue weighted by atomic mass is 9.87. The molecule has 2 saturated heterocycles. The number of piperazine rings is 1. The third-order valence-corrected chi connectivity index (χ3v) is 8.70. The number of phenolic OH excluding ortho intramolecular Hbond substituents is 1. The zero-order chi connectivity index (χ0) is 27.4. The predicted octanol–water partition coefficient (Wildman–Crippen LogP) is 6.44. The fourth-order valence-corrected chi connectivity index (χ4v) is 6.59. The van der Waals surface area contributed by atoms with E-state index in [1.54, 1.807) is 18.2 Å². The summed E-state index contributed by atoms with van der Waals surface area (Å²) in [5.74, 6) is -2.47. The largest absolute Gasteiger partial charge is 0.508 e. The van der Waals surface area contributed by atoms with Crippen molar-refractivity contribution in [1.82, 2.24) is 15.3 Å². The van der Waals surface area contributed by atoms with E-state index < -0.39 is 11.7 Å². The van der Waals surface area contributed by atoms with Crippen LogP contribution >= 0.6 is 0 Å². The highest BCUT2D eigenvalue weighted by molar-refractivity contribution is 6.01. The van der Waals surface area contributed by atoms with Crippen LogP contribution in [0.15, 0.2) is 48.5 Å². The first-order valence-electron chi connectivity index (χ1n) is 14.1. The number of ether oxygens (including phenoxy) is 1. The van der Waals surface area contributed by atoms with Crippen molar-refractivity contribution in [3.05, 3.63) is 54.3 Å². The molecule has 0 spiro atoms. The molecule has 1 saturated carbocycles. The average Bonchev–Trinajstić information content (AvgIpc) is 3.29. The summed E-state index contributed by atoms with van der Waals surface area (Å²) in [6, 6.07) is 15.1. The van der Waals surface area contributed by atoms with Gasteiger partial charge in [0.2, 0.25) is 5.92 Å². The van der Waals surface area contributed by atoms with E-state index in [1.807, 2.05) is 30.3 Å². The van der Waals surface area contributed by atoms with Crippen molar-refractivity contribution in [2.45, 2.75) is 56.5 Å². The summed E-state index contributed by atoms with van der Waals surface area (Å²) in [4.78, 5) is 11.5. The molecule has 2 atom stereocenters. The van der Waals surface area contributed by atoms with E-state index in [0.29, 0.717) is 47.3 Å². The molecule has 6 nitrogen and oxygen atoms in total. The third kappa shape index (κ3) is 4.70. The van der Waals surface area contributed by atoms with E-state index in [-0.39, 0.29) is 42.6 Å². The average molecular weight is 549 g/mol. The number of phenols is 1. The van der Waals surface area contributed by atoms with Crippen LogP contribution in [-0.2, 0) is 0 Å². The van der Waals surface area contributed by atoms with Crippen LogP contribution in [0, 0.1) is 11.7 Å². The SMILES string of the molecule is Oc1cc(-c2ccc3c(N4CC5CCC(C4)N5)nc(OCC4CCC(F)(F)CC4)nc3c2F)c2ccccc2c1. The van der Waals surface area contributed by atoms with Gasteiger partial charge in [0, 0.05) is 49.0 Å². The minimum atomic E-state index is -2.61. The Morgan fingerprint density at radius 2 is 1.68 bits per heavy atom. The molecule has 2 aliphatic heterocycles. The van der Waals surface area contributed by atoms with E-state index in [0.717, 1.165) is 36.7 Å². The summed E-state index contributed by atoms with van der Waals surface area (Å²) in [7, 11) is 0. The molecule has 0 radical (unpaired) electrons. The van der Waals surface area contributed by atoms with Gasteiger partial charge in [0.15, 0.2) is 5.82 Å². The minimum absolute atomic E-state index is 0.0211. The quantitative estimate of drug-likeness (QED) is 0.299. The summed E-state index contributed by atoms with van der Waals surface area (Å²) in [6.45, 7) is 1.72. The Hall–Kier alpha value is -3.59. The van der Waals surface area contributed by atoms with Crippen LogP contribution in [0.2, 0.25) is 0 Å². The van der Waals surface area contributed by atoms with Crippen LogP contribution in [-0.4, -0.2) is 52.8 Å². The molecule has 4 aromatic rings. The summed E-state index contributed by atoms with van der Waals surface area (Å²) in [5, 5.41) is 16.2. The Morgan fingerprint density at radius 3 is 2.45 bits per heavy atom. The molecule has 2 unspecified atom stereocenters. The third-order valence-electron chi connectivity index (χ3n) is 8.70. The molecule has 1 aromatic heterocycles. The Balaban J connectivity index is 1.31. The summed E-state index contributed by atoms with van der Waals surface area (Å²) in [6.07, 6.45) is 2.62. The Morgan fingerprint density at radius 1 is 0.925 bits per heavy atom. The summed E-state index contributed by atoms with van der Waals surface area (Å²) < 4.78 is 49.8. The lowest BCUT2D eigenvalue weighted by Gasteiger charge is -2.34. The van der Waals surface area contributed by atoms with E-state index in [4.69, 9.17) is 9.72 Å². The van der Waals surface area contributed by atoms with Gasteiger partial charge in [-0.3, -0.25) is 0 Å². The van der Waals surface area contributed by atoms with Gasteiger partial charge in [-0.15, -0.1) is 0 Å². The number of nitrogens with one attached hydrogen (secondary N) is 1. The number of aromatic nitrogens is 2. The normalized spacial score (nSPS) is 22.7. The molecule has 3 aliphatic rings. The summed E-state index contributed by atoms with van der Waals surface area (Å²) >= 11 is 0. The van der Waals surface area contributed by atoms with Crippen molar-refractivity contribution < 1.29 is 23.0 Å². The van der Waals surface area contributed by atoms with Gasteiger partial charge < -0.3 is 20.1 Å². The first-order chi connectivity index (χ1) is 19.3. The highest BCUT2D eigenvalue weighted by Gasteiger charge is 2.36. The second-order valence-corrected chi connectivity index (χ2v) is 11.5. The van der Waals surface area contributed by atoms with Crippen LogP contribution in [0.5, 0.6) is 11.8 Å². The maximum absolute atomic E-state index is 16.4. The standard InChI is InChI=1S/C31H31F3N4O2/c32-27-24(26-14-22(39)13-19-3-1-2-4-23(19)26)7-8-25-28(27)36-30(40-17-18-9-11-31(33,34)12-10-18)37-29(25)38-15-20-5-6-21(16-38)35-20/h1-4,7-8,13-14,18,20-21,35,39H,5-6,9-12,15-17H2. The van der Waals surface area contributed by atoms with Crippen LogP contribution < -0.4 is 15.0 Å². The lowest BCUT2D eigenvalue weighted by molar-refractivity contribution is -0.0501. The molecule has 3 heterocycles. The number of anilines is 1. The van der Waals surface area contributed by atoms with Gasteiger partial charge in [-0.05, 0) is 66.1 Å². The molecule has 208 valence electrons. The molecule has 2 N–H and O–H groups in total.